The van der Waals surface area contributed by atoms with Gasteiger partial charge < -0.3 is 24.6 Å². The molecule has 5 nitrogen and oxygen atoms in total. The first-order chi connectivity index (χ1) is 11.9. The van der Waals surface area contributed by atoms with Crippen LogP contribution in [0.3, 0.4) is 0 Å². The summed E-state index contributed by atoms with van der Waals surface area (Å²) < 4.78 is 11.8. The third kappa shape index (κ3) is 2.27. The van der Waals surface area contributed by atoms with Crippen molar-refractivity contribution in [2.45, 2.75) is 36.8 Å². The van der Waals surface area contributed by atoms with Crippen molar-refractivity contribution in [3.05, 3.63) is 33.5 Å². The number of likely N-dealkylation sites (N-methyl/N-ethyl adjacent to an activating group) is 1. The number of methoxy groups -OCH3 is 2. The average Bonchev–Trinajstić information content (AvgIpc) is 2.59. The van der Waals surface area contributed by atoms with Crippen LogP contribution in [-0.4, -0.2) is 55.1 Å². The Morgan fingerprint density at radius 2 is 2.08 bits per heavy atom. The predicted octanol–water partition coefficient (Wildman–Crippen LogP) is 2.57. The second kappa shape index (κ2) is 5.89. The first kappa shape index (κ1) is 17.2. The SMILES string of the molecule is COC1=C[C@@H]2[C@@H]3Cc4c(Br)cc(OC)c(O)c4[C@]2(CCN3C)C[C@@H]1O. The van der Waals surface area contributed by atoms with Gasteiger partial charge in [0.2, 0.25) is 0 Å². The maximum absolute atomic E-state index is 11.0. The molecule has 4 rings (SSSR count). The molecule has 3 aliphatic rings. The molecule has 1 heterocycles. The van der Waals surface area contributed by atoms with Crippen molar-refractivity contribution < 1.29 is 19.7 Å². The molecule has 0 unspecified atom stereocenters. The lowest BCUT2D eigenvalue weighted by Crippen LogP contribution is -2.60. The molecule has 136 valence electrons. The van der Waals surface area contributed by atoms with Gasteiger partial charge in [0.05, 0.1) is 14.2 Å². The number of nitrogens with zero attached hydrogens (tertiary/aromatic N) is 1. The van der Waals surface area contributed by atoms with Crippen LogP contribution in [0, 0.1) is 5.92 Å². The zero-order valence-electron chi connectivity index (χ0n) is 14.8. The Morgan fingerprint density at radius 3 is 2.76 bits per heavy atom. The monoisotopic (exact) mass is 409 g/mol. The predicted molar refractivity (Wildman–Crippen MR) is 98.0 cm³/mol. The summed E-state index contributed by atoms with van der Waals surface area (Å²) in [7, 11) is 5.34. The second-order valence-electron chi connectivity index (χ2n) is 7.44. The number of hydrogen-bond donors (Lipinski definition) is 2. The first-order valence-corrected chi connectivity index (χ1v) is 9.45. The maximum Gasteiger partial charge on any atom is 0.161 e. The number of likely N-dealkylation sites (tertiary alicyclic amines) is 1. The van der Waals surface area contributed by atoms with E-state index < -0.39 is 6.10 Å². The molecule has 0 saturated carbocycles. The molecule has 25 heavy (non-hydrogen) atoms. The maximum atomic E-state index is 11.0. The molecule has 2 bridgehead atoms. The number of hydrogen-bond acceptors (Lipinski definition) is 5. The van der Waals surface area contributed by atoms with E-state index >= 15 is 0 Å². The third-order valence-electron chi connectivity index (χ3n) is 6.44. The Kier molecular flexibility index (Phi) is 4.05. The van der Waals surface area contributed by atoms with Gasteiger partial charge in [-0.15, -0.1) is 0 Å². The molecule has 2 N–H and O–H groups in total. The fourth-order valence-corrected chi connectivity index (χ4v) is 5.80. The third-order valence-corrected chi connectivity index (χ3v) is 7.15. The topological polar surface area (TPSA) is 62.2 Å². The highest BCUT2D eigenvalue weighted by Crippen LogP contribution is 2.59. The Balaban J connectivity index is 1.99. The zero-order chi connectivity index (χ0) is 17.9. The molecule has 2 aliphatic carbocycles. The molecule has 1 fully saturated rings. The molecule has 0 amide bonds. The van der Waals surface area contributed by atoms with E-state index in [1.807, 2.05) is 6.07 Å². The largest absolute Gasteiger partial charge is 0.504 e. The van der Waals surface area contributed by atoms with Gasteiger partial charge in [0.1, 0.15) is 11.9 Å². The van der Waals surface area contributed by atoms with Gasteiger partial charge in [0.25, 0.3) is 0 Å². The highest BCUT2D eigenvalue weighted by atomic mass is 79.9. The molecule has 1 aliphatic heterocycles. The highest BCUT2D eigenvalue weighted by molar-refractivity contribution is 9.10. The summed E-state index contributed by atoms with van der Waals surface area (Å²) in [5.41, 5.74) is 1.78. The molecule has 1 aromatic rings. The molecule has 4 atom stereocenters. The van der Waals surface area contributed by atoms with Crippen molar-refractivity contribution in [1.82, 2.24) is 4.90 Å². The summed E-state index contributed by atoms with van der Waals surface area (Å²) in [5, 5.41) is 21.6. The minimum Gasteiger partial charge on any atom is -0.504 e. The number of piperidine rings is 1. The summed E-state index contributed by atoms with van der Waals surface area (Å²) >= 11 is 3.68. The fourth-order valence-electron chi connectivity index (χ4n) is 5.23. The van der Waals surface area contributed by atoms with Gasteiger partial charge in [-0.3, -0.25) is 0 Å². The lowest BCUT2D eigenvalue weighted by Gasteiger charge is -2.57. The number of halogens is 1. The summed E-state index contributed by atoms with van der Waals surface area (Å²) in [4.78, 5) is 2.39. The molecule has 1 aromatic carbocycles. The number of aromatic hydroxyl groups is 1. The summed E-state index contributed by atoms with van der Waals surface area (Å²) in [6.45, 7) is 0.942. The smallest absolute Gasteiger partial charge is 0.161 e. The summed E-state index contributed by atoms with van der Waals surface area (Å²) in [6.07, 6.45) is 3.72. The van der Waals surface area contributed by atoms with E-state index in [9.17, 15) is 10.2 Å². The van der Waals surface area contributed by atoms with Crippen LogP contribution in [0.4, 0.5) is 0 Å². The van der Waals surface area contributed by atoms with Crippen molar-refractivity contribution in [1.29, 1.82) is 0 Å². The lowest BCUT2D eigenvalue weighted by molar-refractivity contribution is -0.00395. The molecule has 6 heteroatoms. The number of fused-ring (bicyclic) bond motifs is 1. The van der Waals surface area contributed by atoms with Crippen molar-refractivity contribution in [3.63, 3.8) is 0 Å². The van der Waals surface area contributed by atoms with Gasteiger partial charge in [0.15, 0.2) is 11.5 Å². The van der Waals surface area contributed by atoms with Crippen LogP contribution < -0.4 is 4.74 Å². The number of phenols is 1. The van der Waals surface area contributed by atoms with Crippen molar-refractivity contribution in [2.24, 2.45) is 5.92 Å². The van der Waals surface area contributed by atoms with Crippen molar-refractivity contribution in [3.8, 4) is 11.5 Å². The molecule has 1 saturated heterocycles. The van der Waals surface area contributed by atoms with Gasteiger partial charge in [-0.1, -0.05) is 15.9 Å². The second-order valence-corrected chi connectivity index (χ2v) is 8.29. The van der Waals surface area contributed by atoms with E-state index in [1.165, 1.54) is 0 Å². The molecular formula is C19H24BrNO4. The number of rotatable bonds is 2. The Morgan fingerprint density at radius 1 is 1.32 bits per heavy atom. The normalized spacial score (nSPS) is 34.0. The van der Waals surface area contributed by atoms with Gasteiger partial charge in [-0.2, -0.15) is 0 Å². The van der Waals surface area contributed by atoms with Crippen LogP contribution in [0.15, 0.2) is 22.4 Å². The lowest BCUT2D eigenvalue weighted by atomic mass is 9.53. The number of phenolic OH excluding ortho intramolecular Hbond substituents is 1. The number of aliphatic hydroxyl groups excluding tert-OH is 1. The first-order valence-electron chi connectivity index (χ1n) is 8.65. The Labute approximate surface area is 156 Å². The standard InChI is InChI=1S/C19H24BrNO4/c1-21-5-4-19-9-14(22)15(24-2)7-11(19)13(21)6-10-12(20)8-16(25-3)18(23)17(10)19/h7-8,11,13-14,22-23H,4-6,9H2,1-3H3/t11-,13+,14+,19-/m1/s1. The number of ether oxygens (including phenoxy) is 2. The van der Waals surface area contributed by atoms with E-state index in [2.05, 4.69) is 34.0 Å². The molecular weight excluding hydrogens is 386 g/mol. The number of benzene rings is 1. The van der Waals surface area contributed by atoms with E-state index in [1.54, 1.807) is 14.2 Å². The van der Waals surface area contributed by atoms with Crippen LogP contribution in [-0.2, 0) is 16.6 Å². The Bertz CT molecular complexity index is 749. The fraction of sp³-hybridized carbons (Fsp3) is 0.579. The average molecular weight is 410 g/mol. The minimum atomic E-state index is -0.652. The molecule has 0 radical (unpaired) electrons. The van der Waals surface area contributed by atoms with Gasteiger partial charge in [-0.25, -0.2) is 0 Å². The van der Waals surface area contributed by atoms with Crippen LogP contribution in [0.2, 0.25) is 0 Å². The van der Waals surface area contributed by atoms with Crippen LogP contribution in [0.25, 0.3) is 0 Å². The minimum absolute atomic E-state index is 0.196. The van der Waals surface area contributed by atoms with Gasteiger partial charge in [-0.05, 0) is 50.6 Å². The van der Waals surface area contributed by atoms with E-state index in [0.29, 0.717) is 24.0 Å². The number of aliphatic hydroxyl groups is 1. The van der Waals surface area contributed by atoms with Crippen LogP contribution in [0.1, 0.15) is 24.0 Å². The summed E-state index contributed by atoms with van der Waals surface area (Å²) in [5.74, 6) is 1.54. The van der Waals surface area contributed by atoms with E-state index in [4.69, 9.17) is 9.47 Å². The van der Waals surface area contributed by atoms with E-state index in [0.717, 1.165) is 35.0 Å². The summed E-state index contributed by atoms with van der Waals surface area (Å²) in [6, 6.07) is 2.17. The zero-order valence-corrected chi connectivity index (χ0v) is 16.3. The van der Waals surface area contributed by atoms with Gasteiger partial charge >= 0.3 is 0 Å². The quantitative estimate of drug-likeness (QED) is 0.785. The Hall–Kier alpha value is -1.24. The van der Waals surface area contributed by atoms with Crippen molar-refractivity contribution >= 4 is 15.9 Å². The van der Waals surface area contributed by atoms with Crippen LogP contribution >= 0.6 is 15.9 Å². The van der Waals surface area contributed by atoms with Crippen LogP contribution in [0.5, 0.6) is 11.5 Å². The van der Waals surface area contributed by atoms with Crippen molar-refractivity contribution in [2.75, 3.05) is 27.8 Å². The highest BCUT2D eigenvalue weighted by Gasteiger charge is 2.56. The van der Waals surface area contributed by atoms with Gasteiger partial charge in [0, 0.05) is 27.4 Å². The van der Waals surface area contributed by atoms with E-state index in [-0.39, 0.29) is 17.1 Å². The molecule has 0 spiro atoms. The molecule has 0 aromatic heterocycles.